The quantitative estimate of drug-likeness (QED) is 0.102. The van der Waals surface area contributed by atoms with E-state index in [0.717, 1.165) is 71.6 Å². The van der Waals surface area contributed by atoms with E-state index in [1.54, 1.807) is 0 Å². The minimum atomic E-state index is 0. The fourth-order valence-corrected chi connectivity index (χ4v) is 7.82. The predicted octanol–water partition coefficient (Wildman–Crippen LogP) is 11.2. The zero-order valence-electron chi connectivity index (χ0n) is 28.1. The summed E-state index contributed by atoms with van der Waals surface area (Å²) in [6.45, 7) is 6.50. The number of rotatable bonds is 4. The van der Waals surface area contributed by atoms with Crippen molar-refractivity contribution in [2.45, 2.75) is 20.8 Å². The molecule has 0 fully saturated rings. The minimum absolute atomic E-state index is 0. The predicted molar refractivity (Wildman–Crippen MR) is 203 cm³/mol. The molecule has 10 aromatic rings. The summed E-state index contributed by atoms with van der Waals surface area (Å²) in [6.07, 6.45) is 4.10. The van der Waals surface area contributed by atoms with Gasteiger partial charge in [0.2, 0.25) is 0 Å². The summed E-state index contributed by atoms with van der Waals surface area (Å²) in [7, 11) is 0. The maximum atomic E-state index is 6.57. The Kier molecular flexibility index (Phi) is 7.29. The van der Waals surface area contributed by atoms with E-state index in [4.69, 9.17) is 14.7 Å². The second-order valence-electron chi connectivity index (χ2n) is 13.1. The molecule has 0 aliphatic heterocycles. The van der Waals surface area contributed by atoms with E-state index < -0.39 is 0 Å². The average Bonchev–Trinajstić information content (AvgIpc) is 3.78. The number of ether oxygens (including phenoxy) is 1. The van der Waals surface area contributed by atoms with Gasteiger partial charge in [-0.25, -0.2) is 0 Å². The van der Waals surface area contributed by atoms with Crippen LogP contribution in [0.2, 0.25) is 0 Å². The van der Waals surface area contributed by atoms with Gasteiger partial charge in [0, 0.05) is 46.1 Å². The number of fused-ring (bicyclic) bond motifs is 12. The smallest absolute Gasteiger partial charge is 0.497 e. The number of para-hydroxylation sites is 2. The average molecular weight is 749 g/mol. The Morgan fingerprint density at radius 3 is 1.88 bits per heavy atom. The summed E-state index contributed by atoms with van der Waals surface area (Å²) in [5, 5.41) is 6.24. The molecule has 246 valence electrons. The molecule has 51 heavy (non-hydrogen) atoms. The Morgan fingerprint density at radius 1 is 0.608 bits per heavy atom. The standard InChI is InChI=1S/C45H30N4O.Pd/c1-27-21-28(2)43(29(3)22-27)42-25-46-44-37-23-31(18-20-34(37)36-14-8-10-16-41(36)49(42)44)50-32-17-19-33-35-13-7-9-15-40(35)48-26-39(30-11-5-4-6-12-30)47-45(48)38(33)24-32;/h4-22,25-26H,1-3H3;/q-2;+2. The minimum Gasteiger partial charge on any atom is -0.497 e. The molecule has 0 amide bonds. The molecule has 0 aliphatic rings. The van der Waals surface area contributed by atoms with E-state index in [2.05, 4.69) is 133 Å². The van der Waals surface area contributed by atoms with Crippen LogP contribution < -0.4 is 4.74 Å². The molecule has 0 aliphatic carbocycles. The van der Waals surface area contributed by atoms with E-state index in [-0.39, 0.29) is 20.4 Å². The summed E-state index contributed by atoms with van der Waals surface area (Å²) in [5.41, 5.74) is 11.9. The Labute approximate surface area is 308 Å². The maximum Gasteiger partial charge on any atom is 2.00 e. The number of aryl methyl sites for hydroxylation is 3. The van der Waals surface area contributed by atoms with Crippen LogP contribution in [0.25, 0.3) is 77.2 Å². The molecule has 6 aromatic carbocycles. The van der Waals surface area contributed by atoms with Crippen molar-refractivity contribution in [1.82, 2.24) is 18.8 Å². The third kappa shape index (κ3) is 4.87. The Morgan fingerprint density at radius 2 is 1.20 bits per heavy atom. The number of imidazole rings is 2. The van der Waals surface area contributed by atoms with Crippen molar-refractivity contribution >= 4 is 54.6 Å². The van der Waals surface area contributed by atoms with Crippen LogP contribution in [0.3, 0.4) is 0 Å². The van der Waals surface area contributed by atoms with Gasteiger partial charge >= 0.3 is 20.4 Å². The van der Waals surface area contributed by atoms with E-state index in [0.29, 0.717) is 11.5 Å². The van der Waals surface area contributed by atoms with E-state index in [1.165, 1.54) is 22.3 Å². The first-order valence-corrected chi connectivity index (χ1v) is 16.8. The number of aromatic nitrogens is 4. The first kappa shape index (κ1) is 31.2. The molecule has 0 unspecified atom stereocenters. The summed E-state index contributed by atoms with van der Waals surface area (Å²) >= 11 is 0. The molecule has 0 radical (unpaired) electrons. The van der Waals surface area contributed by atoms with Gasteiger partial charge in [-0.3, -0.25) is 9.97 Å². The topological polar surface area (TPSA) is 43.8 Å². The Bertz CT molecular complexity index is 2970. The second-order valence-corrected chi connectivity index (χ2v) is 13.1. The molecule has 0 saturated heterocycles. The molecule has 10 rings (SSSR count). The molecule has 5 nitrogen and oxygen atoms in total. The molecule has 0 bridgehead atoms. The number of nitrogens with zero attached hydrogens (tertiary/aromatic N) is 4. The van der Waals surface area contributed by atoms with Crippen LogP contribution in [0.5, 0.6) is 11.5 Å². The first-order valence-electron chi connectivity index (χ1n) is 16.8. The van der Waals surface area contributed by atoms with Crippen molar-refractivity contribution in [2.75, 3.05) is 0 Å². The van der Waals surface area contributed by atoms with Gasteiger partial charge in [0.05, 0.1) is 22.7 Å². The fourth-order valence-electron chi connectivity index (χ4n) is 7.82. The van der Waals surface area contributed by atoms with Gasteiger partial charge in [-0.2, -0.15) is 0 Å². The zero-order chi connectivity index (χ0) is 33.5. The Hall–Kier alpha value is -5.80. The maximum absolute atomic E-state index is 6.57. The number of hydrogen-bond donors (Lipinski definition) is 0. The monoisotopic (exact) mass is 748 g/mol. The van der Waals surface area contributed by atoms with Crippen LogP contribution in [-0.4, -0.2) is 18.8 Å². The SMILES string of the molecule is Cc1cc(C)c(-c2cnc3c4[c-]c(Oc5[c-]c6c(cc5)c5ccccc5n5cc(-c7ccccc7)nc65)ccc4c4ccccc4n23)c(C)c1.[Pd+2]. The van der Waals surface area contributed by atoms with E-state index >= 15 is 0 Å². The van der Waals surface area contributed by atoms with E-state index in [1.807, 2.05) is 36.5 Å². The third-order valence-electron chi connectivity index (χ3n) is 9.86. The fraction of sp³-hybridized carbons (Fsp3) is 0.0667. The molecule has 4 heterocycles. The molecule has 0 N–H and O–H groups in total. The normalized spacial score (nSPS) is 11.7. The molecular formula is C45H30N4OPd. The van der Waals surface area contributed by atoms with Crippen molar-refractivity contribution in [2.24, 2.45) is 0 Å². The van der Waals surface area contributed by atoms with Crippen LogP contribution in [0.4, 0.5) is 0 Å². The van der Waals surface area contributed by atoms with Crippen LogP contribution >= 0.6 is 0 Å². The van der Waals surface area contributed by atoms with Crippen LogP contribution in [0.1, 0.15) is 16.7 Å². The summed E-state index contributed by atoms with van der Waals surface area (Å²) in [6, 6.07) is 47.1. The largest absolute Gasteiger partial charge is 2.00 e. The van der Waals surface area contributed by atoms with Gasteiger partial charge < -0.3 is 13.5 Å². The summed E-state index contributed by atoms with van der Waals surface area (Å²) < 4.78 is 11.0. The van der Waals surface area contributed by atoms with Gasteiger partial charge in [0.25, 0.3) is 0 Å². The third-order valence-corrected chi connectivity index (χ3v) is 9.86. The zero-order valence-corrected chi connectivity index (χ0v) is 29.7. The molecule has 4 aromatic heterocycles. The van der Waals surface area contributed by atoms with Crippen LogP contribution in [0.15, 0.2) is 128 Å². The number of benzene rings is 6. The molecular weight excluding hydrogens is 719 g/mol. The number of pyridine rings is 2. The van der Waals surface area contributed by atoms with Gasteiger partial charge in [-0.15, -0.1) is 12.1 Å². The number of hydrogen-bond acceptors (Lipinski definition) is 3. The van der Waals surface area contributed by atoms with Gasteiger partial charge in [-0.05, 0) is 54.8 Å². The van der Waals surface area contributed by atoms with Crippen molar-refractivity contribution < 1.29 is 25.2 Å². The summed E-state index contributed by atoms with van der Waals surface area (Å²) in [5.74, 6) is 1.20. The first-order chi connectivity index (χ1) is 24.5. The second kappa shape index (κ2) is 11.9. The molecule has 0 atom stereocenters. The van der Waals surface area contributed by atoms with E-state index in [9.17, 15) is 0 Å². The van der Waals surface area contributed by atoms with Gasteiger partial charge in [0.15, 0.2) is 0 Å². The van der Waals surface area contributed by atoms with Crippen molar-refractivity contribution in [3.63, 3.8) is 0 Å². The van der Waals surface area contributed by atoms with Crippen molar-refractivity contribution in [3.8, 4) is 34.0 Å². The van der Waals surface area contributed by atoms with Gasteiger partial charge in [0.1, 0.15) is 0 Å². The van der Waals surface area contributed by atoms with Crippen LogP contribution in [-0.2, 0) is 20.4 Å². The van der Waals surface area contributed by atoms with Crippen molar-refractivity contribution in [1.29, 1.82) is 0 Å². The van der Waals surface area contributed by atoms with Gasteiger partial charge in [-0.1, -0.05) is 130 Å². The Balaban J connectivity index is 0.00000348. The molecule has 0 spiro atoms. The molecule has 0 saturated carbocycles. The summed E-state index contributed by atoms with van der Waals surface area (Å²) in [4.78, 5) is 10.1. The molecule has 6 heteroatoms. The van der Waals surface area contributed by atoms with Crippen LogP contribution in [0, 0.1) is 32.9 Å². The van der Waals surface area contributed by atoms with Crippen molar-refractivity contribution in [3.05, 3.63) is 156 Å².